The lowest BCUT2D eigenvalue weighted by Gasteiger charge is -2.36. The van der Waals surface area contributed by atoms with Gasteiger partial charge in [-0.15, -0.1) is 11.3 Å². The molecule has 2 heterocycles. The Hall–Kier alpha value is -1.73. The molecule has 21 heavy (non-hydrogen) atoms. The van der Waals surface area contributed by atoms with Crippen LogP contribution in [0.2, 0.25) is 0 Å². The van der Waals surface area contributed by atoms with Crippen LogP contribution in [0.25, 0.3) is 10.2 Å². The molecule has 2 atom stereocenters. The fourth-order valence-corrected chi connectivity index (χ4v) is 3.91. The van der Waals surface area contributed by atoms with E-state index in [4.69, 9.17) is 5.73 Å². The lowest BCUT2D eigenvalue weighted by molar-refractivity contribution is -0.384. The van der Waals surface area contributed by atoms with E-state index < -0.39 is 0 Å². The van der Waals surface area contributed by atoms with Crippen molar-refractivity contribution in [2.45, 2.75) is 26.3 Å². The Bertz CT molecular complexity index is 690. The second kappa shape index (κ2) is 5.23. The molecule has 2 unspecified atom stereocenters. The first-order chi connectivity index (χ1) is 9.94. The first-order valence-corrected chi connectivity index (χ1v) is 7.82. The Balaban J connectivity index is 2.10. The van der Waals surface area contributed by atoms with Gasteiger partial charge >= 0.3 is 0 Å². The van der Waals surface area contributed by atoms with Crippen molar-refractivity contribution in [1.82, 2.24) is 4.98 Å². The van der Waals surface area contributed by atoms with Gasteiger partial charge in [0.15, 0.2) is 0 Å². The topological polar surface area (TPSA) is 85.3 Å². The molecule has 1 aromatic heterocycles. The minimum absolute atomic E-state index is 0.0567. The summed E-state index contributed by atoms with van der Waals surface area (Å²) in [5.74, 6) is 0.432. The summed E-state index contributed by atoms with van der Waals surface area (Å²) in [5, 5.41) is 12.3. The maximum absolute atomic E-state index is 11.4. The molecule has 1 aliphatic rings. The lowest BCUT2D eigenvalue weighted by Crippen LogP contribution is -2.46. The first kappa shape index (κ1) is 14.2. The highest BCUT2D eigenvalue weighted by Crippen LogP contribution is 2.36. The Morgan fingerprint density at radius 2 is 2.24 bits per heavy atom. The molecule has 6 nitrogen and oxygen atoms in total. The van der Waals surface area contributed by atoms with E-state index in [1.807, 2.05) is 17.9 Å². The van der Waals surface area contributed by atoms with Crippen LogP contribution in [0.5, 0.6) is 0 Å². The van der Waals surface area contributed by atoms with Crippen LogP contribution in [-0.4, -0.2) is 29.0 Å². The molecule has 2 aromatic rings. The zero-order valence-corrected chi connectivity index (χ0v) is 12.9. The summed E-state index contributed by atoms with van der Waals surface area (Å²) in [7, 11) is 0. The molecule has 2 N–H and O–H groups in total. The number of anilines is 1. The van der Waals surface area contributed by atoms with Crippen molar-refractivity contribution >= 4 is 32.9 Å². The van der Waals surface area contributed by atoms with Gasteiger partial charge in [0, 0.05) is 25.2 Å². The number of aromatic nitrogens is 1. The number of nitrogens with two attached hydrogens (primary N) is 1. The molecular weight excluding hydrogens is 288 g/mol. The number of aryl methyl sites for hydroxylation is 1. The summed E-state index contributed by atoms with van der Waals surface area (Å²) >= 11 is 1.48. The summed E-state index contributed by atoms with van der Waals surface area (Å²) in [4.78, 5) is 17.6. The molecule has 7 heteroatoms. The maximum Gasteiger partial charge on any atom is 0.294 e. The van der Waals surface area contributed by atoms with Gasteiger partial charge in [0.05, 0.1) is 20.1 Å². The van der Waals surface area contributed by atoms with Crippen molar-refractivity contribution in [3.8, 4) is 0 Å². The molecule has 1 aliphatic heterocycles. The molecule has 0 bridgehead atoms. The van der Waals surface area contributed by atoms with E-state index in [9.17, 15) is 10.1 Å². The molecule has 112 valence electrons. The van der Waals surface area contributed by atoms with E-state index in [-0.39, 0.29) is 16.7 Å². The van der Waals surface area contributed by atoms with Crippen LogP contribution in [0, 0.1) is 23.0 Å². The molecule has 1 saturated heterocycles. The van der Waals surface area contributed by atoms with E-state index in [1.54, 1.807) is 6.07 Å². The van der Waals surface area contributed by atoms with Gasteiger partial charge in [-0.25, -0.2) is 4.98 Å². The highest BCUT2D eigenvalue weighted by Gasteiger charge is 2.28. The third kappa shape index (κ3) is 2.71. The minimum atomic E-state index is -0.311. The van der Waals surface area contributed by atoms with Gasteiger partial charge in [-0.05, 0) is 25.3 Å². The number of fused-ring (bicyclic) bond motifs is 1. The zero-order chi connectivity index (χ0) is 15.1. The number of hydrogen-bond acceptors (Lipinski definition) is 6. The Kier molecular flexibility index (Phi) is 3.54. The van der Waals surface area contributed by atoms with E-state index >= 15 is 0 Å². The molecule has 0 radical (unpaired) electrons. The van der Waals surface area contributed by atoms with Gasteiger partial charge in [-0.1, -0.05) is 6.92 Å². The van der Waals surface area contributed by atoms with Crippen LogP contribution >= 0.6 is 11.3 Å². The van der Waals surface area contributed by atoms with Gasteiger partial charge in [0.25, 0.3) is 5.69 Å². The standard InChI is InChI=1S/C14H18N4O2S/c1-8-3-10(15)7-17(6-8)12-4-11-14(21-9(2)16-11)5-13(12)18(19)20/h4-5,8,10H,3,6-7,15H2,1-2H3. The predicted octanol–water partition coefficient (Wildman–Crippen LogP) is 2.69. The van der Waals surface area contributed by atoms with Gasteiger partial charge in [0.2, 0.25) is 0 Å². The van der Waals surface area contributed by atoms with E-state index in [0.29, 0.717) is 18.2 Å². The van der Waals surface area contributed by atoms with Crippen LogP contribution in [0.15, 0.2) is 12.1 Å². The van der Waals surface area contributed by atoms with Crippen molar-refractivity contribution in [2.75, 3.05) is 18.0 Å². The SMILES string of the molecule is Cc1nc2cc(N3CC(C)CC(N)C3)c([N+](=O)[O-])cc2s1. The molecule has 0 saturated carbocycles. The number of hydrogen-bond donors (Lipinski definition) is 1. The second-order valence-corrected chi connectivity index (χ2v) is 7.04. The summed E-state index contributed by atoms with van der Waals surface area (Å²) in [6.07, 6.45) is 0.961. The monoisotopic (exact) mass is 306 g/mol. The fraction of sp³-hybridized carbons (Fsp3) is 0.500. The van der Waals surface area contributed by atoms with Gasteiger partial charge < -0.3 is 10.6 Å². The number of rotatable bonds is 2. The predicted molar refractivity (Wildman–Crippen MR) is 85.0 cm³/mol. The minimum Gasteiger partial charge on any atom is -0.364 e. The molecule has 0 spiro atoms. The Morgan fingerprint density at radius 1 is 1.48 bits per heavy atom. The molecule has 1 aromatic carbocycles. The smallest absolute Gasteiger partial charge is 0.294 e. The van der Waals surface area contributed by atoms with Crippen LogP contribution < -0.4 is 10.6 Å². The Morgan fingerprint density at radius 3 is 2.90 bits per heavy atom. The van der Waals surface area contributed by atoms with Crippen molar-refractivity contribution in [1.29, 1.82) is 0 Å². The summed E-state index contributed by atoms with van der Waals surface area (Å²) in [6, 6.07) is 3.53. The number of piperidine rings is 1. The highest BCUT2D eigenvalue weighted by atomic mass is 32.1. The highest BCUT2D eigenvalue weighted by molar-refractivity contribution is 7.18. The van der Waals surface area contributed by atoms with E-state index in [0.717, 1.165) is 28.2 Å². The van der Waals surface area contributed by atoms with Crippen LogP contribution in [0.3, 0.4) is 0 Å². The van der Waals surface area contributed by atoms with E-state index in [2.05, 4.69) is 11.9 Å². The van der Waals surface area contributed by atoms with Crippen molar-refractivity contribution in [3.05, 3.63) is 27.3 Å². The van der Waals surface area contributed by atoms with Crippen molar-refractivity contribution in [2.24, 2.45) is 11.7 Å². The van der Waals surface area contributed by atoms with Gasteiger partial charge in [-0.3, -0.25) is 10.1 Å². The zero-order valence-electron chi connectivity index (χ0n) is 12.1. The molecule has 0 amide bonds. The van der Waals surface area contributed by atoms with Gasteiger partial charge in [-0.2, -0.15) is 0 Å². The number of benzene rings is 1. The van der Waals surface area contributed by atoms with Crippen molar-refractivity contribution in [3.63, 3.8) is 0 Å². The fourth-order valence-electron chi connectivity index (χ4n) is 3.06. The number of nitro groups is 1. The Labute approximate surface area is 126 Å². The normalized spacial score (nSPS) is 22.7. The third-order valence-electron chi connectivity index (χ3n) is 3.82. The van der Waals surface area contributed by atoms with Gasteiger partial charge in [0.1, 0.15) is 5.69 Å². The molecular formula is C14H18N4O2S. The largest absolute Gasteiger partial charge is 0.364 e. The maximum atomic E-state index is 11.4. The molecule has 0 aliphatic carbocycles. The number of thiazole rings is 1. The summed E-state index contributed by atoms with van der Waals surface area (Å²) in [6.45, 7) is 5.49. The number of nitrogens with zero attached hydrogens (tertiary/aromatic N) is 3. The van der Waals surface area contributed by atoms with Crippen molar-refractivity contribution < 1.29 is 4.92 Å². The molecule has 3 rings (SSSR count). The third-order valence-corrected chi connectivity index (χ3v) is 4.75. The van der Waals surface area contributed by atoms with Crippen LogP contribution in [0.1, 0.15) is 18.4 Å². The second-order valence-electron chi connectivity index (χ2n) is 5.80. The van der Waals surface area contributed by atoms with Crippen LogP contribution in [0.4, 0.5) is 11.4 Å². The lowest BCUT2D eigenvalue weighted by atomic mass is 9.96. The summed E-state index contributed by atoms with van der Waals surface area (Å²) < 4.78 is 0.859. The molecule has 1 fully saturated rings. The first-order valence-electron chi connectivity index (χ1n) is 7.00. The summed E-state index contributed by atoms with van der Waals surface area (Å²) in [5.41, 5.74) is 7.68. The quantitative estimate of drug-likeness (QED) is 0.681. The average molecular weight is 306 g/mol. The van der Waals surface area contributed by atoms with E-state index in [1.165, 1.54) is 11.3 Å². The average Bonchev–Trinajstić information content (AvgIpc) is 2.75. The number of nitro benzene ring substituents is 1. The van der Waals surface area contributed by atoms with Crippen LogP contribution in [-0.2, 0) is 0 Å².